The van der Waals surface area contributed by atoms with E-state index in [4.69, 9.17) is 0 Å². The molecule has 0 saturated carbocycles. The van der Waals surface area contributed by atoms with Crippen LogP contribution in [0, 0.1) is 11.7 Å². The number of hydrogen-bond donors (Lipinski definition) is 1. The van der Waals surface area contributed by atoms with Gasteiger partial charge in [-0.15, -0.1) is 0 Å². The molecule has 24 heavy (non-hydrogen) atoms. The van der Waals surface area contributed by atoms with Gasteiger partial charge in [0.1, 0.15) is 5.82 Å². The Morgan fingerprint density at radius 3 is 2.46 bits per heavy atom. The predicted octanol–water partition coefficient (Wildman–Crippen LogP) is 1.28. The lowest BCUT2D eigenvalue weighted by Crippen LogP contribution is -2.51. The molecule has 132 valence electrons. The Kier molecular flexibility index (Phi) is 6.73. The summed E-state index contributed by atoms with van der Waals surface area (Å²) in [6.07, 6.45) is 0.0849. The zero-order valence-electron chi connectivity index (χ0n) is 14.4. The van der Waals surface area contributed by atoms with Crippen molar-refractivity contribution >= 4 is 11.8 Å². The monoisotopic (exact) mass is 335 g/mol. The molecule has 1 N–H and O–H groups in total. The molecule has 0 aromatic heterocycles. The van der Waals surface area contributed by atoms with E-state index in [2.05, 4.69) is 19.2 Å². The second-order valence-electron chi connectivity index (χ2n) is 6.62. The number of benzene rings is 1. The molecule has 1 aromatic rings. The minimum absolute atomic E-state index is 0.0230. The minimum Gasteiger partial charge on any atom is -0.355 e. The molecule has 2 rings (SSSR count). The van der Waals surface area contributed by atoms with Crippen LogP contribution in [0.2, 0.25) is 0 Å². The third-order valence-electron chi connectivity index (χ3n) is 4.10. The van der Waals surface area contributed by atoms with E-state index in [0.717, 1.165) is 0 Å². The first-order valence-corrected chi connectivity index (χ1v) is 8.46. The normalized spacial score (nSPS) is 15.6. The Balaban J connectivity index is 1.75. The molecular weight excluding hydrogens is 309 g/mol. The Morgan fingerprint density at radius 2 is 1.83 bits per heavy atom. The zero-order chi connectivity index (χ0) is 17.5. The maximum Gasteiger partial charge on any atom is 0.234 e. The van der Waals surface area contributed by atoms with Crippen LogP contribution in [0.1, 0.15) is 19.4 Å². The van der Waals surface area contributed by atoms with Crippen molar-refractivity contribution in [3.05, 3.63) is 35.6 Å². The van der Waals surface area contributed by atoms with E-state index in [9.17, 15) is 14.0 Å². The van der Waals surface area contributed by atoms with Gasteiger partial charge in [0.25, 0.3) is 0 Å². The van der Waals surface area contributed by atoms with E-state index >= 15 is 0 Å². The molecule has 2 amide bonds. The molecule has 1 saturated heterocycles. The quantitative estimate of drug-likeness (QED) is 0.852. The fourth-order valence-electron chi connectivity index (χ4n) is 2.65. The Hall–Kier alpha value is -1.95. The fourth-order valence-corrected chi connectivity index (χ4v) is 2.65. The van der Waals surface area contributed by atoms with Crippen LogP contribution in [0.3, 0.4) is 0 Å². The average molecular weight is 335 g/mol. The van der Waals surface area contributed by atoms with E-state index in [1.165, 1.54) is 6.07 Å². The van der Waals surface area contributed by atoms with E-state index in [1.54, 1.807) is 23.1 Å². The highest BCUT2D eigenvalue weighted by atomic mass is 19.1. The molecule has 1 heterocycles. The van der Waals surface area contributed by atoms with Crippen molar-refractivity contribution in [2.75, 3.05) is 39.3 Å². The average Bonchev–Trinajstić information content (AvgIpc) is 2.55. The fraction of sp³-hybridized carbons (Fsp3) is 0.556. The van der Waals surface area contributed by atoms with Gasteiger partial charge in [0.2, 0.25) is 11.8 Å². The van der Waals surface area contributed by atoms with Gasteiger partial charge in [-0.05, 0) is 17.5 Å². The number of piperazine rings is 1. The van der Waals surface area contributed by atoms with Gasteiger partial charge >= 0.3 is 0 Å². The van der Waals surface area contributed by atoms with Gasteiger partial charge in [-0.3, -0.25) is 14.5 Å². The number of hydrogen-bond acceptors (Lipinski definition) is 3. The molecule has 5 nitrogen and oxygen atoms in total. The highest BCUT2D eigenvalue weighted by Crippen LogP contribution is 2.10. The van der Waals surface area contributed by atoms with Crippen LogP contribution in [-0.4, -0.2) is 60.9 Å². The summed E-state index contributed by atoms with van der Waals surface area (Å²) in [6.45, 7) is 7.63. The molecule has 6 heteroatoms. The smallest absolute Gasteiger partial charge is 0.234 e. The van der Waals surface area contributed by atoms with Crippen LogP contribution in [0.25, 0.3) is 0 Å². The van der Waals surface area contributed by atoms with Crippen LogP contribution in [0.15, 0.2) is 24.3 Å². The largest absolute Gasteiger partial charge is 0.355 e. The van der Waals surface area contributed by atoms with E-state index < -0.39 is 0 Å². The summed E-state index contributed by atoms with van der Waals surface area (Å²) in [4.78, 5) is 27.9. The van der Waals surface area contributed by atoms with Crippen LogP contribution >= 0.6 is 0 Å². The first-order valence-electron chi connectivity index (χ1n) is 8.46. The predicted molar refractivity (Wildman–Crippen MR) is 91.0 cm³/mol. The number of halogens is 1. The number of amides is 2. The Morgan fingerprint density at radius 1 is 1.17 bits per heavy atom. The summed E-state index contributed by atoms with van der Waals surface area (Å²) in [5.41, 5.74) is 0.429. The molecule has 0 bridgehead atoms. The highest BCUT2D eigenvalue weighted by Gasteiger charge is 2.23. The third kappa shape index (κ3) is 5.60. The highest BCUT2D eigenvalue weighted by molar-refractivity contribution is 5.79. The molecule has 1 aromatic carbocycles. The maximum atomic E-state index is 13.6. The summed E-state index contributed by atoms with van der Waals surface area (Å²) < 4.78 is 13.6. The van der Waals surface area contributed by atoms with Crippen LogP contribution < -0.4 is 5.32 Å². The van der Waals surface area contributed by atoms with Crippen molar-refractivity contribution in [1.29, 1.82) is 0 Å². The molecule has 1 aliphatic heterocycles. The summed E-state index contributed by atoms with van der Waals surface area (Å²) in [5.74, 6) is 0.0481. The van der Waals surface area contributed by atoms with Gasteiger partial charge in [-0.25, -0.2) is 4.39 Å². The van der Waals surface area contributed by atoms with Crippen molar-refractivity contribution in [2.45, 2.75) is 20.3 Å². The molecule has 0 unspecified atom stereocenters. The second kappa shape index (κ2) is 8.78. The number of nitrogens with zero attached hydrogens (tertiary/aromatic N) is 2. The number of rotatable bonds is 6. The van der Waals surface area contributed by atoms with Gasteiger partial charge < -0.3 is 10.2 Å². The summed E-state index contributed by atoms with van der Waals surface area (Å²) in [6, 6.07) is 6.37. The summed E-state index contributed by atoms with van der Waals surface area (Å²) >= 11 is 0. The third-order valence-corrected chi connectivity index (χ3v) is 4.10. The molecule has 0 spiro atoms. The molecule has 0 atom stereocenters. The Labute approximate surface area is 142 Å². The van der Waals surface area contributed by atoms with Crippen molar-refractivity contribution in [3.8, 4) is 0 Å². The topological polar surface area (TPSA) is 52.7 Å². The van der Waals surface area contributed by atoms with Crippen molar-refractivity contribution < 1.29 is 14.0 Å². The van der Waals surface area contributed by atoms with Gasteiger partial charge in [0.05, 0.1) is 13.0 Å². The van der Waals surface area contributed by atoms with Gasteiger partial charge in [-0.2, -0.15) is 0 Å². The molecule has 1 fully saturated rings. The lowest BCUT2D eigenvalue weighted by atomic mass is 10.1. The van der Waals surface area contributed by atoms with Gasteiger partial charge in [0.15, 0.2) is 0 Å². The van der Waals surface area contributed by atoms with Crippen LogP contribution in [0.5, 0.6) is 0 Å². The van der Waals surface area contributed by atoms with Crippen molar-refractivity contribution in [1.82, 2.24) is 15.1 Å². The molecule has 1 aliphatic rings. The van der Waals surface area contributed by atoms with Gasteiger partial charge in [-0.1, -0.05) is 32.0 Å². The van der Waals surface area contributed by atoms with E-state index in [0.29, 0.717) is 50.7 Å². The van der Waals surface area contributed by atoms with E-state index in [1.807, 2.05) is 4.90 Å². The summed E-state index contributed by atoms with van der Waals surface area (Å²) in [7, 11) is 0. The standard InChI is InChI=1S/C18H26FN3O2/c1-14(2)12-20-17(23)13-21-7-9-22(10-8-21)18(24)11-15-5-3-4-6-16(15)19/h3-6,14H,7-13H2,1-2H3,(H,20,23). The summed E-state index contributed by atoms with van der Waals surface area (Å²) in [5, 5.41) is 2.90. The molecular formula is C18H26FN3O2. The van der Waals surface area contributed by atoms with Crippen LogP contribution in [0.4, 0.5) is 4.39 Å². The first kappa shape index (κ1) is 18.4. The zero-order valence-corrected chi connectivity index (χ0v) is 14.4. The van der Waals surface area contributed by atoms with Gasteiger partial charge in [0, 0.05) is 32.7 Å². The number of carbonyl (C=O) groups excluding carboxylic acids is 2. The first-order chi connectivity index (χ1) is 11.5. The van der Waals surface area contributed by atoms with Crippen molar-refractivity contribution in [2.24, 2.45) is 5.92 Å². The lowest BCUT2D eigenvalue weighted by molar-refractivity contribution is -0.132. The molecule has 0 aliphatic carbocycles. The SMILES string of the molecule is CC(C)CNC(=O)CN1CCN(C(=O)Cc2ccccc2F)CC1. The van der Waals surface area contributed by atoms with Crippen molar-refractivity contribution in [3.63, 3.8) is 0 Å². The van der Waals surface area contributed by atoms with E-state index in [-0.39, 0.29) is 24.1 Å². The molecule has 0 radical (unpaired) electrons. The maximum absolute atomic E-state index is 13.6. The minimum atomic E-state index is -0.341. The second-order valence-corrected chi connectivity index (χ2v) is 6.62. The number of nitrogens with one attached hydrogen (secondary N) is 1. The number of carbonyl (C=O) groups is 2. The Bertz CT molecular complexity index is 569. The van der Waals surface area contributed by atoms with Crippen LogP contribution in [-0.2, 0) is 16.0 Å². The lowest BCUT2D eigenvalue weighted by Gasteiger charge is -2.34.